The first kappa shape index (κ1) is 43.9. The molecule has 15 heteroatoms. The van der Waals surface area contributed by atoms with Gasteiger partial charge in [-0.25, -0.2) is 14.6 Å². The zero-order valence-corrected chi connectivity index (χ0v) is 33.2. The van der Waals surface area contributed by atoms with E-state index < -0.39 is 42.0 Å². The van der Waals surface area contributed by atoms with Gasteiger partial charge >= 0.3 is 12.1 Å². The molecule has 296 valence electrons. The van der Waals surface area contributed by atoms with Gasteiger partial charge in [0.1, 0.15) is 11.6 Å². The number of aromatic nitrogens is 1. The summed E-state index contributed by atoms with van der Waals surface area (Å²) >= 11 is 5.95. The fourth-order valence-electron chi connectivity index (χ4n) is 5.63. The lowest BCUT2D eigenvalue weighted by Gasteiger charge is -2.37. The van der Waals surface area contributed by atoms with Crippen molar-refractivity contribution in [1.29, 1.82) is 0 Å². The van der Waals surface area contributed by atoms with Crippen LogP contribution >= 0.6 is 11.6 Å². The number of ether oxygens (including phenoxy) is 3. The molecule has 3 rings (SSSR count). The van der Waals surface area contributed by atoms with E-state index in [0.717, 1.165) is 22.0 Å². The van der Waals surface area contributed by atoms with E-state index in [1.807, 2.05) is 51.1 Å². The number of fused-ring (bicyclic) bond motifs is 1. The molecule has 0 bridgehead atoms. The van der Waals surface area contributed by atoms with Crippen molar-refractivity contribution < 1.29 is 33.4 Å². The molecule has 14 nitrogen and oxygen atoms in total. The molecule has 0 spiro atoms. The quantitative estimate of drug-likeness (QED) is 0.0658. The Balaban J connectivity index is 1.80. The molecule has 2 atom stereocenters. The van der Waals surface area contributed by atoms with E-state index in [1.165, 1.54) is 5.01 Å². The fraction of sp³-hybridized carbons (Fsp3) is 0.513. The van der Waals surface area contributed by atoms with Crippen LogP contribution < -0.4 is 21.4 Å². The van der Waals surface area contributed by atoms with Gasteiger partial charge in [-0.1, -0.05) is 48.0 Å². The van der Waals surface area contributed by atoms with Crippen LogP contribution in [0.2, 0.25) is 5.02 Å². The van der Waals surface area contributed by atoms with Crippen LogP contribution in [0.15, 0.2) is 60.8 Å². The smallest absolute Gasteiger partial charge is 0.407 e. The number of urea groups is 1. The molecule has 0 fully saturated rings. The Morgan fingerprint density at radius 3 is 2.28 bits per heavy atom. The molecule has 0 saturated heterocycles. The summed E-state index contributed by atoms with van der Waals surface area (Å²) in [5, 5.41) is 11.2. The third kappa shape index (κ3) is 15.1. The van der Waals surface area contributed by atoms with Gasteiger partial charge in [-0.05, 0) is 90.1 Å². The van der Waals surface area contributed by atoms with Crippen molar-refractivity contribution >= 4 is 46.4 Å². The van der Waals surface area contributed by atoms with E-state index in [-0.39, 0.29) is 32.0 Å². The summed E-state index contributed by atoms with van der Waals surface area (Å²) in [6, 6.07) is 14.7. The Hall–Kier alpha value is -4.50. The number of hydrogen-bond acceptors (Lipinski definition) is 9. The minimum atomic E-state index is -0.958. The average molecular weight is 770 g/mol. The van der Waals surface area contributed by atoms with Crippen LogP contribution in [-0.4, -0.2) is 96.2 Å². The van der Waals surface area contributed by atoms with E-state index in [0.29, 0.717) is 37.6 Å². The van der Waals surface area contributed by atoms with Crippen molar-refractivity contribution in [3.8, 4) is 0 Å². The van der Waals surface area contributed by atoms with Crippen LogP contribution in [0.5, 0.6) is 0 Å². The van der Waals surface area contributed by atoms with Gasteiger partial charge in [0.2, 0.25) is 11.8 Å². The number of carbonyl (C=O) groups is 4. The van der Waals surface area contributed by atoms with Gasteiger partial charge in [0.05, 0.1) is 18.1 Å². The van der Waals surface area contributed by atoms with Gasteiger partial charge in [-0.15, -0.1) is 0 Å². The minimum Gasteiger partial charge on any atom is -0.444 e. The van der Waals surface area contributed by atoms with Crippen LogP contribution in [0.25, 0.3) is 10.9 Å². The van der Waals surface area contributed by atoms with Crippen molar-refractivity contribution in [3.05, 3.63) is 76.9 Å². The Bertz CT molecular complexity index is 1640. The zero-order chi connectivity index (χ0) is 39.7. The number of nitrogens with one attached hydrogen (secondary N) is 4. The molecule has 1 aromatic heterocycles. The Labute approximate surface area is 323 Å². The largest absolute Gasteiger partial charge is 0.444 e. The Kier molecular flexibility index (Phi) is 17.9. The number of halogens is 1. The lowest BCUT2D eigenvalue weighted by atomic mass is 10.0. The van der Waals surface area contributed by atoms with E-state index >= 15 is 0 Å². The molecule has 0 aliphatic heterocycles. The highest BCUT2D eigenvalue weighted by atomic mass is 35.5. The topological polar surface area (TPSA) is 163 Å². The number of benzene rings is 2. The molecule has 5 amide bonds. The van der Waals surface area contributed by atoms with Crippen molar-refractivity contribution in [3.63, 3.8) is 0 Å². The summed E-state index contributed by atoms with van der Waals surface area (Å²) in [4.78, 5) is 59.2. The van der Waals surface area contributed by atoms with Crippen LogP contribution in [-0.2, 0) is 36.9 Å². The summed E-state index contributed by atoms with van der Waals surface area (Å²) in [5.74, 6) is -0.823. The molecule has 2 aromatic carbocycles. The standard InChI is InChI=1S/C39H56ClN7O7/c1-8-52-36(53-9-2)27(3)47(25-30-15-12-14-29-16-13-23-41-34(29)30)35(49)32(17-10-11-22-42-38(51)54-39(4,5)6)44-33(48)26-46(7)45-37(50)43-24-28-18-20-31(40)21-19-28/h12-16,18-21,23,27,32,36H,8-11,17,22,24-26H2,1-7H3,(H,42,51)(H,44,48)(H2,43,45,50)/t27-,32-/m0/s1. The summed E-state index contributed by atoms with van der Waals surface area (Å²) in [6.45, 7) is 12.2. The Morgan fingerprint density at radius 2 is 1.61 bits per heavy atom. The maximum Gasteiger partial charge on any atom is 0.407 e. The molecule has 0 aliphatic rings. The molecule has 3 aromatic rings. The molecular formula is C39H56ClN7O7. The van der Waals surface area contributed by atoms with E-state index in [2.05, 4.69) is 26.4 Å². The number of amides is 5. The third-order valence-corrected chi connectivity index (χ3v) is 8.40. The van der Waals surface area contributed by atoms with Crippen LogP contribution in [0, 0.1) is 0 Å². The molecule has 0 unspecified atom stereocenters. The number of hydrogen-bond donors (Lipinski definition) is 4. The van der Waals surface area contributed by atoms with E-state index in [1.54, 1.807) is 63.2 Å². The summed E-state index contributed by atoms with van der Waals surface area (Å²) in [7, 11) is 1.55. The van der Waals surface area contributed by atoms with Gasteiger partial charge in [0, 0.05) is 56.5 Å². The molecule has 54 heavy (non-hydrogen) atoms. The Morgan fingerprint density at radius 1 is 0.926 bits per heavy atom. The SMILES string of the molecule is CCOC(OCC)[C@H](C)N(Cc1cccc2cccnc12)C(=O)[C@H](CCCCNC(=O)OC(C)(C)C)NC(=O)CN(C)NC(=O)NCc1ccc(Cl)cc1. The second-order valence-corrected chi connectivity index (χ2v) is 14.2. The number of hydrazine groups is 1. The summed E-state index contributed by atoms with van der Waals surface area (Å²) in [6.07, 6.45) is 1.73. The molecule has 0 radical (unpaired) electrons. The molecule has 4 N–H and O–H groups in total. The molecule has 1 heterocycles. The second-order valence-electron chi connectivity index (χ2n) is 13.8. The van der Waals surface area contributed by atoms with Gasteiger partial charge in [-0.2, -0.15) is 0 Å². The van der Waals surface area contributed by atoms with Crippen molar-refractivity contribution in [2.45, 2.75) is 97.9 Å². The van der Waals surface area contributed by atoms with Crippen LogP contribution in [0.1, 0.15) is 71.9 Å². The average Bonchev–Trinajstić information content (AvgIpc) is 3.11. The van der Waals surface area contributed by atoms with E-state index in [9.17, 15) is 19.2 Å². The monoisotopic (exact) mass is 769 g/mol. The first-order valence-electron chi connectivity index (χ1n) is 18.3. The normalized spacial score (nSPS) is 12.6. The number of nitrogens with zero attached hydrogens (tertiary/aromatic N) is 3. The summed E-state index contributed by atoms with van der Waals surface area (Å²) < 4.78 is 17.2. The highest BCUT2D eigenvalue weighted by Crippen LogP contribution is 2.22. The zero-order valence-electron chi connectivity index (χ0n) is 32.4. The summed E-state index contributed by atoms with van der Waals surface area (Å²) in [5.41, 5.74) is 4.42. The number of rotatable bonds is 20. The lowest BCUT2D eigenvalue weighted by molar-refractivity contribution is -0.179. The highest BCUT2D eigenvalue weighted by molar-refractivity contribution is 6.30. The van der Waals surface area contributed by atoms with Gasteiger partial charge < -0.3 is 35.1 Å². The first-order chi connectivity index (χ1) is 25.7. The number of unbranched alkanes of at least 4 members (excludes halogenated alkanes) is 1. The van der Waals surface area contributed by atoms with Gasteiger partial charge in [0.15, 0.2) is 6.29 Å². The fourth-order valence-corrected chi connectivity index (χ4v) is 5.76. The number of para-hydroxylation sites is 1. The first-order valence-corrected chi connectivity index (χ1v) is 18.7. The number of likely N-dealkylation sites (N-methyl/N-ethyl adjacent to an activating group) is 1. The van der Waals surface area contributed by atoms with Crippen molar-refractivity contribution in [2.75, 3.05) is 33.4 Å². The lowest BCUT2D eigenvalue weighted by Crippen LogP contribution is -2.56. The maximum absolute atomic E-state index is 14.7. The number of pyridine rings is 1. The molecule has 0 saturated carbocycles. The molecular weight excluding hydrogens is 714 g/mol. The van der Waals surface area contributed by atoms with Crippen molar-refractivity contribution in [2.24, 2.45) is 0 Å². The predicted molar refractivity (Wildman–Crippen MR) is 208 cm³/mol. The highest BCUT2D eigenvalue weighted by Gasteiger charge is 2.34. The number of alkyl carbamates (subject to hydrolysis) is 1. The third-order valence-electron chi connectivity index (χ3n) is 8.15. The minimum absolute atomic E-state index is 0.173. The number of carbonyl (C=O) groups excluding carboxylic acids is 4. The van der Waals surface area contributed by atoms with Crippen LogP contribution in [0.3, 0.4) is 0 Å². The van der Waals surface area contributed by atoms with Crippen LogP contribution in [0.4, 0.5) is 9.59 Å². The predicted octanol–water partition coefficient (Wildman–Crippen LogP) is 5.53. The van der Waals surface area contributed by atoms with Gasteiger partial charge in [-0.3, -0.25) is 20.0 Å². The second kappa shape index (κ2) is 22.0. The van der Waals surface area contributed by atoms with Gasteiger partial charge in [0.25, 0.3) is 0 Å². The maximum atomic E-state index is 14.7. The molecule has 0 aliphatic carbocycles. The van der Waals surface area contributed by atoms with Crippen molar-refractivity contribution in [1.82, 2.24) is 36.3 Å². The van der Waals surface area contributed by atoms with E-state index in [4.69, 9.17) is 25.8 Å².